The van der Waals surface area contributed by atoms with Crippen LogP contribution in [0.3, 0.4) is 0 Å². The van der Waals surface area contributed by atoms with Crippen LogP contribution in [0.5, 0.6) is 0 Å². The highest BCUT2D eigenvalue weighted by molar-refractivity contribution is 9.10. The quantitative estimate of drug-likeness (QED) is 0.920. The molecule has 4 heteroatoms. The molecule has 0 aliphatic carbocycles. The Morgan fingerprint density at radius 3 is 2.84 bits per heavy atom. The number of rotatable bonds is 4. The number of nitrogens with zero attached hydrogens (tertiary/aromatic N) is 1. The second-order valence-corrected chi connectivity index (χ2v) is 5.22. The number of hydrogen-bond acceptors (Lipinski definition) is 2. The fourth-order valence-electron chi connectivity index (χ4n) is 2.09. The Hall–Kier alpha value is -1.26. The van der Waals surface area contributed by atoms with Crippen LogP contribution < -0.4 is 5.32 Å². The second kappa shape index (κ2) is 6.26. The molecule has 0 radical (unpaired) electrons. The summed E-state index contributed by atoms with van der Waals surface area (Å²) in [6.45, 7) is 4.79. The average Bonchev–Trinajstić information content (AvgIpc) is 2.40. The summed E-state index contributed by atoms with van der Waals surface area (Å²) in [5, 5.41) is 3.36. The zero-order chi connectivity index (χ0) is 13.8. The van der Waals surface area contributed by atoms with Crippen molar-refractivity contribution >= 4 is 15.9 Å². The first-order chi connectivity index (χ1) is 9.13. The van der Waals surface area contributed by atoms with E-state index >= 15 is 0 Å². The van der Waals surface area contributed by atoms with Crippen molar-refractivity contribution < 1.29 is 4.39 Å². The molecule has 1 aromatic carbocycles. The average molecular weight is 323 g/mol. The third kappa shape index (κ3) is 3.19. The highest BCUT2D eigenvalue weighted by atomic mass is 79.9. The summed E-state index contributed by atoms with van der Waals surface area (Å²) < 4.78 is 14.4. The lowest BCUT2D eigenvalue weighted by molar-refractivity contribution is 0.591. The van der Waals surface area contributed by atoms with E-state index < -0.39 is 0 Å². The van der Waals surface area contributed by atoms with Crippen LogP contribution in [0.15, 0.2) is 41.0 Å². The molecular formula is C15H16BrFN2. The summed E-state index contributed by atoms with van der Waals surface area (Å²) in [4.78, 5) is 4.41. The number of benzene rings is 1. The molecule has 100 valence electrons. The molecule has 1 atom stereocenters. The molecule has 1 aromatic heterocycles. The van der Waals surface area contributed by atoms with Crippen LogP contribution in [-0.2, 0) is 0 Å². The Bertz CT molecular complexity index is 572. The maximum Gasteiger partial charge on any atom is 0.123 e. The maximum absolute atomic E-state index is 13.5. The summed E-state index contributed by atoms with van der Waals surface area (Å²) in [5.74, 6) is -0.226. The van der Waals surface area contributed by atoms with Crippen LogP contribution in [0.1, 0.15) is 29.8 Å². The van der Waals surface area contributed by atoms with Crippen LogP contribution in [0.2, 0.25) is 0 Å². The molecule has 2 aromatic rings. The van der Waals surface area contributed by atoms with Crippen molar-refractivity contribution in [1.82, 2.24) is 10.3 Å². The molecule has 0 saturated carbocycles. The Morgan fingerprint density at radius 1 is 1.37 bits per heavy atom. The van der Waals surface area contributed by atoms with Crippen molar-refractivity contribution in [3.8, 4) is 0 Å². The number of halogens is 2. The molecule has 2 nitrogen and oxygen atoms in total. The third-order valence-corrected chi connectivity index (χ3v) is 3.69. The van der Waals surface area contributed by atoms with Crippen molar-refractivity contribution in [2.45, 2.75) is 19.9 Å². The third-order valence-electron chi connectivity index (χ3n) is 3.02. The zero-order valence-corrected chi connectivity index (χ0v) is 12.5. The minimum Gasteiger partial charge on any atom is -0.305 e. The minimum absolute atomic E-state index is 0.115. The van der Waals surface area contributed by atoms with E-state index in [4.69, 9.17) is 0 Å². The Kier molecular flexibility index (Phi) is 4.66. The summed E-state index contributed by atoms with van der Waals surface area (Å²) >= 11 is 3.51. The van der Waals surface area contributed by atoms with Gasteiger partial charge in [-0.2, -0.15) is 0 Å². The molecule has 0 saturated heterocycles. The van der Waals surface area contributed by atoms with Crippen molar-refractivity contribution in [3.05, 3.63) is 63.6 Å². The fraction of sp³-hybridized carbons (Fsp3) is 0.267. The van der Waals surface area contributed by atoms with Gasteiger partial charge >= 0.3 is 0 Å². The zero-order valence-electron chi connectivity index (χ0n) is 11.0. The van der Waals surface area contributed by atoms with Crippen LogP contribution in [0.25, 0.3) is 0 Å². The smallest absolute Gasteiger partial charge is 0.123 e. The van der Waals surface area contributed by atoms with Gasteiger partial charge in [0.1, 0.15) is 5.82 Å². The van der Waals surface area contributed by atoms with Gasteiger partial charge in [-0.1, -0.05) is 13.0 Å². The first-order valence-electron chi connectivity index (χ1n) is 6.23. The monoisotopic (exact) mass is 322 g/mol. The largest absolute Gasteiger partial charge is 0.305 e. The lowest BCUT2D eigenvalue weighted by Gasteiger charge is -2.21. The molecule has 0 amide bonds. The normalized spacial score (nSPS) is 12.4. The molecule has 1 N–H and O–H groups in total. The lowest BCUT2D eigenvalue weighted by atomic mass is 9.98. The van der Waals surface area contributed by atoms with Gasteiger partial charge in [0.25, 0.3) is 0 Å². The molecule has 0 spiro atoms. The van der Waals surface area contributed by atoms with Crippen LogP contribution in [0.4, 0.5) is 4.39 Å². The molecule has 0 aliphatic rings. The van der Waals surface area contributed by atoms with Crippen molar-refractivity contribution in [2.75, 3.05) is 6.54 Å². The highest BCUT2D eigenvalue weighted by Crippen LogP contribution is 2.29. The van der Waals surface area contributed by atoms with Gasteiger partial charge in [-0.15, -0.1) is 0 Å². The van der Waals surface area contributed by atoms with Crippen molar-refractivity contribution in [1.29, 1.82) is 0 Å². The molecule has 1 unspecified atom stereocenters. The molecule has 1 heterocycles. The number of hydrogen-bond donors (Lipinski definition) is 1. The summed E-state index contributed by atoms with van der Waals surface area (Å²) in [7, 11) is 0. The van der Waals surface area contributed by atoms with Gasteiger partial charge in [0.2, 0.25) is 0 Å². The van der Waals surface area contributed by atoms with Gasteiger partial charge < -0.3 is 5.32 Å². The SMILES string of the molecule is CCNC(c1cc(F)ccc1C)c1ncccc1Br. The topological polar surface area (TPSA) is 24.9 Å². The van der Waals surface area contributed by atoms with Crippen molar-refractivity contribution in [3.63, 3.8) is 0 Å². The molecule has 2 rings (SSSR count). The molecule has 0 fully saturated rings. The molecule has 19 heavy (non-hydrogen) atoms. The van der Waals surface area contributed by atoms with E-state index in [0.29, 0.717) is 0 Å². The van der Waals surface area contributed by atoms with E-state index in [9.17, 15) is 4.39 Å². The summed E-state index contributed by atoms with van der Waals surface area (Å²) in [6, 6.07) is 8.55. The van der Waals surface area contributed by atoms with Gasteiger partial charge in [-0.3, -0.25) is 4.98 Å². The first-order valence-corrected chi connectivity index (χ1v) is 7.02. The van der Waals surface area contributed by atoms with E-state index in [1.807, 2.05) is 26.0 Å². The predicted molar refractivity (Wildman–Crippen MR) is 78.6 cm³/mol. The number of nitrogens with one attached hydrogen (secondary N) is 1. The van der Waals surface area contributed by atoms with Crippen LogP contribution >= 0.6 is 15.9 Å². The van der Waals surface area contributed by atoms with Gasteiger partial charge in [-0.25, -0.2) is 4.39 Å². The highest BCUT2D eigenvalue weighted by Gasteiger charge is 2.19. The first kappa shape index (κ1) is 14.2. The fourth-order valence-corrected chi connectivity index (χ4v) is 2.57. The van der Waals surface area contributed by atoms with Gasteiger partial charge in [-0.05, 0) is 64.8 Å². The van der Waals surface area contributed by atoms with E-state index in [2.05, 4.69) is 26.2 Å². The van der Waals surface area contributed by atoms with Crippen LogP contribution in [0, 0.1) is 12.7 Å². The second-order valence-electron chi connectivity index (χ2n) is 4.36. The Balaban J connectivity index is 2.51. The maximum atomic E-state index is 13.5. The van der Waals surface area contributed by atoms with Gasteiger partial charge in [0.15, 0.2) is 0 Å². The van der Waals surface area contributed by atoms with E-state index in [0.717, 1.165) is 27.8 Å². The predicted octanol–water partition coefficient (Wildman–Crippen LogP) is 3.99. The number of aromatic nitrogens is 1. The van der Waals surface area contributed by atoms with E-state index in [1.54, 1.807) is 18.3 Å². The van der Waals surface area contributed by atoms with Crippen LogP contribution in [-0.4, -0.2) is 11.5 Å². The van der Waals surface area contributed by atoms with Crippen molar-refractivity contribution in [2.24, 2.45) is 0 Å². The van der Waals surface area contributed by atoms with E-state index in [-0.39, 0.29) is 11.9 Å². The molecule has 0 bridgehead atoms. The standard InChI is InChI=1S/C15H16BrFN2/c1-3-18-14(15-13(16)5-4-8-19-15)12-9-11(17)7-6-10(12)2/h4-9,14,18H,3H2,1-2H3. The summed E-state index contributed by atoms with van der Waals surface area (Å²) in [6.07, 6.45) is 1.75. The lowest BCUT2D eigenvalue weighted by Crippen LogP contribution is -2.24. The summed E-state index contributed by atoms with van der Waals surface area (Å²) in [5.41, 5.74) is 2.84. The van der Waals surface area contributed by atoms with Gasteiger partial charge in [0.05, 0.1) is 11.7 Å². The number of pyridine rings is 1. The molecule has 0 aliphatic heterocycles. The number of aryl methyl sites for hydroxylation is 1. The minimum atomic E-state index is -0.226. The Morgan fingerprint density at radius 2 is 2.16 bits per heavy atom. The van der Waals surface area contributed by atoms with E-state index in [1.165, 1.54) is 6.07 Å². The Labute approximate surface area is 121 Å². The molecular weight excluding hydrogens is 307 g/mol. The van der Waals surface area contributed by atoms with Gasteiger partial charge in [0, 0.05) is 10.7 Å².